The fraction of sp³-hybridized carbons (Fsp3) is 0.250. The molecular weight excluding hydrogens is 478 g/mol. The van der Waals surface area contributed by atoms with Crippen molar-refractivity contribution in [2.75, 3.05) is 26.7 Å². The maximum absolute atomic E-state index is 12.6. The molecule has 1 aliphatic heterocycles. The van der Waals surface area contributed by atoms with Crippen molar-refractivity contribution in [3.8, 4) is 11.5 Å². The molecule has 8 heteroatoms. The number of benzene rings is 3. The van der Waals surface area contributed by atoms with Gasteiger partial charge in [0.05, 0.1) is 10.5 Å². The highest BCUT2D eigenvalue weighted by Gasteiger charge is 2.28. The standard InChI is InChI=1S/C28H29NO6S/c1-19(29-2)14-20-10-12-23(13-11-20)34-18-35-24-8-4-7-22(15-24)27-26(17-33-28(27)30)21-6-5-9-25(16-21)36(3,31)32/h4-13,15-16,19,29H,14,17-18H2,1-3H3. The molecule has 3 aromatic rings. The zero-order chi connectivity index (χ0) is 25.7. The van der Waals surface area contributed by atoms with Gasteiger partial charge in [0.2, 0.25) is 6.79 Å². The van der Waals surface area contributed by atoms with E-state index >= 15 is 0 Å². The number of esters is 1. The third-order valence-corrected chi connectivity index (χ3v) is 7.11. The van der Waals surface area contributed by atoms with Crippen LogP contribution in [0.25, 0.3) is 11.1 Å². The van der Waals surface area contributed by atoms with Crippen LogP contribution in [0.15, 0.2) is 77.7 Å². The van der Waals surface area contributed by atoms with Gasteiger partial charge in [0.1, 0.15) is 18.1 Å². The Labute approximate surface area is 211 Å². The fourth-order valence-corrected chi connectivity index (χ4v) is 4.59. The number of likely N-dealkylation sites (N-methyl/N-ethyl adjacent to an activating group) is 1. The molecule has 1 heterocycles. The minimum atomic E-state index is -3.38. The van der Waals surface area contributed by atoms with E-state index in [4.69, 9.17) is 14.2 Å². The zero-order valence-corrected chi connectivity index (χ0v) is 21.3. The molecule has 0 saturated heterocycles. The molecule has 0 radical (unpaired) electrons. The third kappa shape index (κ3) is 6.13. The van der Waals surface area contributed by atoms with Gasteiger partial charge in [-0.15, -0.1) is 0 Å². The molecule has 0 fully saturated rings. The summed E-state index contributed by atoms with van der Waals surface area (Å²) in [5.41, 5.74) is 3.48. The molecule has 1 atom stereocenters. The minimum Gasteiger partial charge on any atom is -0.458 e. The summed E-state index contributed by atoms with van der Waals surface area (Å²) in [5, 5.41) is 3.22. The van der Waals surface area contributed by atoms with Gasteiger partial charge in [0, 0.05) is 17.9 Å². The molecule has 0 spiro atoms. The summed E-state index contributed by atoms with van der Waals surface area (Å²) in [5.74, 6) is 0.765. The van der Waals surface area contributed by atoms with Gasteiger partial charge in [-0.1, -0.05) is 36.4 Å². The lowest BCUT2D eigenvalue weighted by atomic mass is 9.96. The largest absolute Gasteiger partial charge is 0.458 e. The Morgan fingerprint density at radius 3 is 2.36 bits per heavy atom. The van der Waals surface area contributed by atoms with E-state index in [0.717, 1.165) is 12.7 Å². The molecule has 0 aromatic heterocycles. The molecule has 1 aliphatic rings. The Morgan fingerprint density at radius 2 is 1.64 bits per heavy atom. The van der Waals surface area contributed by atoms with Crippen molar-refractivity contribution < 1.29 is 27.4 Å². The van der Waals surface area contributed by atoms with Crippen molar-refractivity contribution in [3.63, 3.8) is 0 Å². The van der Waals surface area contributed by atoms with Crippen LogP contribution in [0.4, 0.5) is 0 Å². The first-order chi connectivity index (χ1) is 17.2. The van der Waals surface area contributed by atoms with Crippen molar-refractivity contribution in [3.05, 3.63) is 89.5 Å². The highest BCUT2D eigenvalue weighted by Crippen LogP contribution is 2.35. The van der Waals surface area contributed by atoms with E-state index in [1.807, 2.05) is 31.3 Å². The second-order valence-corrected chi connectivity index (χ2v) is 10.7. The molecule has 188 valence electrons. The molecule has 0 saturated carbocycles. The summed E-state index contributed by atoms with van der Waals surface area (Å²) < 4.78 is 40.8. The van der Waals surface area contributed by atoms with Crippen molar-refractivity contribution >= 4 is 27.0 Å². The zero-order valence-electron chi connectivity index (χ0n) is 20.5. The van der Waals surface area contributed by atoms with Crippen LogP contribution in [0.3, 0.4) is 0 Å². The van der Waals surface area contributed by atoms with Gasteiger partial charge in [0.15, 0.2) is 9.84 Å². The van der Waals surface area contributed by atoms with Gasteiger partial charge in [-0.3, -0.25) is 0 Å². The molecule has 0 amide bonds. The third-order valence-electron chi connectivity index (χ3n) is 6.00. The maximum atomic E-state index is 12.6. The van der Waals surface area contributed by atoms with Crippen LogP contribution in [0.2, 0.25) is 0 Å². The number of carbonyl (C=O) groups excluding carboxylic acids is 1. The summed E-state index contributed by atoms with van der Waals surface area (Å²) in [4.78, 5) is 12.8. The summed E-state index contributed by atoms with van der Waals surface area (Å²) in [6.07, 6.45) is 2.08. The lowest BCUT2D eigenvalue weighted by molar-refractivity contribution is -0.133. The van der Waals surface area contributed by atoms with Crippen molar-refractivity contribution in [1.29, 1.82) is 0 Å². The molecule has 1 unspecified atom stereocenters. The number of carbonyl (C=O) groups is 1. The molecule has 7 nitrogen and oxygen atoms in total. The Hall–Kier alpha value is -3.62. The van der Waals surface area contributed by atoms with Gasteiger partial charge in [-0.05, 0) is 73.5 Å². The Balaban J connectivity index is 1.48. The van der Waals surface area contributed by atoms with E-state index in [-0.39, 0.29) is 18.3 Å². The first-order valence-corrected chi connectivity index (χ1v) is 13.5. The number of hydrogen-bond acceptors (Lipinski definition) is 7. The monoisotopic (exact) mass is 507 g/mol. The van der Waals surface area contributed by atoms with Crippen LogP contribution in [0, 0.1) is 0 Å². The summed E-state index contributed by atoms with van der Waals surface area (Å²) >= 11 is 0. The topological polar surface area (TPSA) is 90.9 Å². The van der Waals surface area contributed by atoms with E-state index < -0.39 is 15.8 Å². The van der Waals surface area contributed by atoms with E-state index in [9.17, 15) is 13.2 Å². The maximum Gasteiger partial charge on any atom is 0.339 e. The normalized spacial score (nSPS) is 14.5. The molecule has 0 bridgehead atoms. The van der Waals surface area contributed by atoms with Crippen LogP contribution in [0.1, 0.15) is 23.6 Å². The molecule has 36 heavy (non-hydrogen) atoms. The number of sulfone groups is 1. The van der Waals surface area contributed by atoms with Crippen LogP contribution < -0.4 is 14.8 Å². The van der Waals surface area contributed by atoms with Gasteiger partial charge >= 0.3 is 5.97 Å². The summed E-state index contributed by atoms with van der Waals surface area (Å²) in [7, 11) is -1.44. The van der Waals surface area contributed by atoms with Crippen molar-refractivity contribution in [2.24, 2.45) is 0 Å². The summed E-state index contributed by atoms with van der Waals surface area (Å²) in [6.45, 7) is 2.20. The lowest BCUT2D eigenvalue weighted by Gasteiger charge is -2.12. The van der Waals surface area contributed by atoms with E-state index in [1.54, 1.807) is 42.5 Å². The van der Waals surface area contributed by atoms with E-state index in [0.29, 0.717) is 39.8 Å². The summed E-state index contributed by atoms with van der Waals surface area (Å²) in [6, 6.07) is 21.9. The number of ether oxygens (including phenoxy) is 3. The molecule has 4 rings (SSSR count). The predicted octanol–water partition coefficient (Wildman–Crippen LogP) is 4.12. The van der Waals surface area contributed by atoms with Crippen LogP contribution in [0.5, 0.6) is 11.5 Å². The lowest BCUT2D eigenvalue weighted by Crippen LogP contribution is -2.23. The van der Waals surface area contributed by atoms with Crippen molar-refractivity contribution in [2.45, 2.75) is 24.3 Å². The Kier molecular flexibility index (Phi) is 7.76. The van der Waals surface area contributed by atoms with Gasteiger partial charge in [-0.25, -0.2) is 13.2 Å². The highest BCUT2D eigenvalue weighted by molar-refractivity contribution is 7.90. The molecule has 3 aromatic carbocycles. The van der Waals surface area contributed by atoms with Crippen LogP contribution in [-0.4, -0.2) is 47.1 Å². The molecular formula is C28H29NO6S. The smallest absolute Gasteiger partial charge is 0.339 e. The quantitative estimate of drug-likeness (QED) is 0.326. The van der Waals surface area contributed by atoms with Crippen molar-refractivity contribution in [1.82, 2.24) is 5.32 Å². The highest BCUT2D eigenvalue weighted by atomic mass is 32.2. The van der Waals surface area contributed by atoms with E-state index in [1.165, 1.54) is 11.6 Å². The van der Waals surface area contributed by atoms with Crippen LogP contribution in [-0.2, 0) is 25.8 Å². The average molecular weight is 508 g/mol. The predicted molar refractivity (Wildman–Crippen MR) is 139 cm³/mol. The number of rotatable bonds is 10. The fourth-order valence-electron chi connectivity index (χ4n) is 3.92. The van der Waals surface area contributed by atoms with Gasteiger partial charge in [-0.2, -0.15) is 0 Å². The molecule has 0 aliphatic carbocycles. The second-order valence-electron chi connectivity index (χ2n) is 8.70. The first kappa shape index (κ1) is 25.5. The molecule has 1 N–H and O–H groups in total. The van der Waals surface area contributed by atoms with Gasteiger partial charge < -0.3 is 19.5 Å². The van der Waals surface area contributed by atoms with E-state index in [2.05, 4.69) is 12.2 Å². The number of cyclic esters (lactones) is 1. The first-order valence-electron chi connectivity index (χ1n) is 11.6. The minimum absolute atomic E-state index is 0.00245. The van der Waals surface area contributed by atoms with Crippen LogP contribution >= 0.6 is 0 Å². The SMILES string of the molecule is CNC(C)Cc1ccc(OCOc2cccc(C3=C(c4cccc(S(C)(=O)=O)c4)COC3=O)c2)cc1. The Morgan fingerprint density at radius 1 is 0.944 bits per heavy atom. The van der Waals surface area contributed by atoms with Gasteiger partial charge in [0.25, 0.3) is 0 Å². The number of hydrogen-bond donors (Lipinski definition) is 1. The second kappa shape index (κ2) is 11.0. The average Bonchev–Trinajstić information content (AvgIpc) is 3.26. The Bertz CT molecular complexity index is 1380. The number of nitrogens with one attached hydrogen (secondary N) is 1.